The van der Waals surface area contributed by atoms with E-state index in [4.69, 9.17) is 0 Å². The summed E-state index contributed by atoms with van der Waals surface area (Å²) in [5.74, 6) is 0. The molecule has 0 aliphatic rings. The molecule has 0 amide bonds. The van der Waals surface area contributed by atoms with E-state index in [1.165, 1.54) is 5.56 Å². The minimum Gasteiger partial charge on any atom is -0.0622 e. The van der Waals surface area contributed by atoms with Crippen LogP contribution < -0.4 is 0 Å². The molecule has 12 heavy (non-hydrogen) atoms. The van der Waals surface area contributed by atoms with Gasteiger partial charge in [-0.2, -0.15) is 0 Å². The van der Waals surface area contributed by atoms with E-state index in [1.807, 2.05) is 0 Å². The van der Waals surface area contributed by atoms with Gasteiger partial charge in [-0.3, -0.25) is 0 Å². The van der Waals surface area contributed by atoms with Crippen LogP contribution in [0, 0.1) is 11.8 Å². The maximum absolute atomic E-state index is 2.29. The van der Waals surface area contributed by atoms with Crippen molar-refractivity contribution in [1.29, 1.82) is 0 Å². The van der Waals surface area contributed by atoms with Gasteiger partial charge in [-0.1, -0.05) is 51.1 Å². The largest absolute Gasteiger partial charge is 0.0622 e. The molecule has 0 heterocycles. The van der Waals surface area contributed by atoms with Crippen LogP contribution in [0.1, 0.15) is 32.8 Å². The Balaban J connectivity index is 2.44. The lowest BCUT2D eigenvalue weighted by atomic mass is 9.89. The molecule has 0 aromatic heterocycles. The minimum absolute atomic E-state index is 0.399. The zero-order valence-electron chi connectivity index (χ0n) is 8.17. The van der Waals surface area contributed by atoms with Gasteiger partial charge in [0.15, 0.2) is 0 Å². The molecular formula is C12H17. The van der Waals surface area contributed by atoms with Gasteiger partial charge < -0.3 is 0 Å². The number of rotatable bonds is 2. The van der Waals surface area contributed by atoms with Gasteiger partial charge in [0.1, 0.15) is 0 Å². The third-order valence-electron chi connectivity index (χ3n) is 1.75. The summed E-state index contributed by atoms with van der Waals surface area (Å²) in [6.45, 7) is 6.77. The van der Waals surface area contributed by atoms with E-state index in [-0.39, 0.29) is 0 Å². The van der Waals surface area contributed by atoms with Crippen LogP contribution in [-0.4, -0.2) is 0 Å². The Morgan fingerprint density at radius 2 is 1.67 bits per heavy atom. The van der Waals surface area contributed by atoms with Crippen molar-refractivity contribution in [3.8, 4) is 0 Å². The molecule has 65 valence electrons. The van der Waals surface area contributed by atoms with Crippen LogP contribution in [0.4, 0.5) is 0 Å². The zero-order chi connectivity index (χ0) is 9.03. The Morgan fingerprint density at radius 3 is 2.17 bits per heavy atom. The molecule has 1 rings (SSSR count). The van der Waals surface area contributed by atoms with Crippen LogP contribution in [0.5, 0.6) is 0 Å². The topological polar surface area (TPSA) is 0 Å². The normalized spacial score (nSPS) is 11.6. The Labute approximate surface area is 75.6 Å². The molecule has 0 spiro atoms. The van der Waals surface area contributed by atoms with Gasteiger partial charge >= 0.3 is 0 Å². The molecule has 0 aliphatic heterocycles. The minimum atomic E-state index is 0.399. The molecule has 0 aliphatic carbocycles. The van der Waals surface area contributed by atoms with Crippen molar-refractivity contribution >= 4 is 0 Å². The number of hydrogen-bond donors (Lipinski definition) is 0. The van der Waals surface area contributed by atoms with Gasteiger partial charge in [0.25, 0.3) is 0 Å². The molecular weight excluding hydrogens is 144 g/mol. The average molecular weight is 161 g/mol. The van der Waals surface area contributed by atoms with E-state index < -0.39 is 0 Å². The molecule has 0 heteroatoms. The second-order valence-electron chi connectivity index (χ2n) is 4.38. The third kappa shape index (κ3) is 3.56. The zero-order valence-corrected chi connectivity index (χ0v) is 8.17. The van der Waals surface area contributed by atoms with Gasteiger partial charge in [0.2, 0.25) is 0 Å². The van der Waals surface area contributed by atoms with E-state index >= 15 is 0 Å². The van der Waals surface area contributed by atoms with Crippen molar-refractivity contribution in [2.45, 2.75) is 27.2 Å². The van der Waals surface area contributed by atoms with Crippen molar-refractivity contribution in [1.82, 2.24) is 0 Å². The predicted octanol–water partition coefficient (Wildman–Crippen LogP) is 3.68. The van der Waals surface area contributed by atoms with Crippen molar-refractivity contribution in [3.63, 3.8) is 0 Å². The van der Waals surface area contributed by atoms with E-state index in [0.29, 0.717) is 5.41 Å². The lowest BCUT2D eigenvalue weighted by Gasteiger charge is -2.17. The first-order valence-corrected chi connectivity index (χ1v) is 4.46. The van der Waals surface area contributed by atoms with Crippen molar-refractivity contribution in [3.05, 3.63) is 42.3 Å². The smallest absolute Gasteiger partial charge is 0.00879 e. The Bertz CT molecular complexity index is 216. The van der Waals surface area contributed by atoms with E-state index in [2.05, 4.69) is 57.5 Å². The molecule has 0 atom stereocenters. The predicted molar refractivity (Wildman–Crippen MR) is 53.9 cm³/mol. The fraction of sp³-hybridized carbons (Fsp3) is 0.417. The SMILES string of the molecule is CC(C)(C)C[CH]c1ccccc1. The summed E-state index contributed by atoms with van der Waals surface area (Å²) in [6.07, 6.45) is 3.43. The average Bonchev–Trinajstić information content (AvgIpc) is 2.02. The standard InChI is InChI=1S/C12H17/c1-12(2,3)10-9-11-7-5-4-6-8-11/h4-9H,10H2,1-3H3. The second kappa shape index (κ2) is 3.75. The van der Waals surface area contributed by atoms with Gasteiger partial charge in [-0.25, -0.2) is 0 Å². The molecule has 0 nitrogen and oxygen atoms in total. The Kier molecular flexibility index (Phi) is 2.91. The molecule has 0 N–H and O–H groups in total. The molecule has 0 saturated heterocycles. The lowest BCUT2D eigenvalue weighted by molar-refractivity contribution is 0.410. The van der Waals surface area contributed by atoms with E-state index in [1.54, 1.807) is 0 Å². The maximum atomic E-state index is 2.29. The van der Waals surface area contributed by atoms with Crippen LogP contribution in [0.25, 0.3) is 0 Å². The van der Waals surface area contributed by atoms with Crippen LogP contribution in [0.2, 0.25) is 0 Å². The molecule has 1 aromatic carbocycles. The quantitative estimate of drug-likeness (QED) is 0.620. The fourth-order valence-corrected chi connectivity index (χ4v) is 1.01. The summed E-state index contributed by atoms with van der Waals surface area (Å²) >= 11 is 0. The maximum Gasteiger partial charge on any atom is -0.00879 e. The van der Waals surface area contributed by atoms with E-state index in [0.717, 1.165) is 6.42 Å². The lowest BCUT2D eigenvalue weighted by Crippen LogP contribution is -2.04. The van der Waals surface area contributed by atoms with Crippen LogP contribution >= 0.6 is 0 Å². The Hall–Kier alpha value is -0.780. The summed E-state index contributed by atoms with van der Waals surface area (Å²) in [5, 5.41) is 0. The van der Waals surface area contributed by atoms with Gasteiger partial charge in [0, 0.05) is 0 Å². The first-order valence-electron chi connectivity index (χ1n) is 4.46. The first-order chi connectivity index (χ1) is 5.58. The van der Waals surface area contributed by atoms with Gasteiger partial charge in [-0.05, 0) is 23.8 Å². The monoisotopic (exact) mass is 161 g/mol. The molecule has 0 fully saturated rings. The highest BCUT2D eigenvalue weighted by Gasteiger charge is 2.09. The fourth-order valence-electron chi connectivity index (χ4n) is 1.01. The summed E-state index contributed by atoms with van der Waals surface area (Å²) in [6, 6.07) is 10.5. The third-order valence-corrected chi connectivity index (χ3v) is 1.75. The highest BCUT2D eigenvalue weighted by molar-refractivity contribution is 5.22. The number of benzene rings is 1. The van der Waals surface area contributed by atoms with Crippen molar-refractivity contribution in [2.24, 2.45) is 5.41 Å². The van der Waals surface area contributed by atoms with Gasteiger partial charge in [-0.15, -0.1) is 0 Å². The summed E-state index contributed by atoms with van der Waals surface area (Å²) in [5.41, 5.74) is 1.72. The van der Waals surface area contributed by atoms with Crippen LogP contribution in [0.3, 0.4) is 0 Å². The molecule has 0 unspecified atom stereocenters. The van der Waals surface area contributed by atoms with Crippen LogP contribution in [-0.2, 0) is 0 Å². The van der Waals surface area contributed by atoms with Gasteiger partial charge in [0.05, 0.1) is 0 Å². The summed E-state index contributed by atoms with van der Waals surface area (Å²) < 4.78 is 0. The first kappa shape index (κ1) is 9.31. The second-order valence-corrected chi connectivity index (χ2v) is 4.38. The molecule has 1 aromatic rings. The number of hydrogen-bond acceptors (Lipinski definition) is 0. The highest BCUT2D eigenvalue weighted by atomic mass is 14.1. The van der Waals surface area contributed by atoms with E-state index in [9.17, 15) is 0 Å². The van der Waals surface area contributed by atoms with Crippen LogP contribution in [0.15, 0.2) is 30.3 Å². The van der Waals surface area contributed by atoms with Crippen molar-refractivity contribution < 1.29 is 0 Å². The summed E-state index contributed by atoms with van der Waals surface area (Å²) in [7, 11) is 0. The Morgan fingerprint density at radius 1 is 1.08 bits per heavy atom. The summed E-state index contributed by atoms with van der Waals surface area (Å²) in [4.78, 5) is 0. The van der Waals surface area contributed by atoms with Crippen molar-refractivity contribution in [2.75, 3.05) is 0 Å². The molecule has 1 radical (unpaired) electrons. The molecule has 0 bridgehead atoms. The molecule has 0 saturated carbocycles. The highest BCUT2D eigenvalue weighted by Crippen LogP contribution is 2.22.